The molecule has 0 bridgehead atoms. The van der Waals surface area contributed by atoms with Crippen LogP contribution in [0.2, 0.25) is 0 Å². The molecule has 5 heterocycles. The first-order valence-corrected chi connectivity index (χ1v) is 27.7. The van der Waals surface area contributed by atoms with Gasteiger partial charge in [-0.2, -0.15) is 0 Å². The van der Waals surface area contributed by atoms with Crippen molar-refractivity contribution < 1.29 is 82.2 Å². The number of ketones is 1. The van der Waals surface area contributed by atoms with Crippen LogP contribution in [0.1, 0.15) is 142 Å². The van der Waals surface area contributed by atoms with Crippen molar-refractivity contribution in [1.82, 2.24) is 14.8 Å². The van der Waals surface area contributed by atoms with E-state index in [9.17, 15) is 44.4 Å². The van der Waals surface area contributed by atoms with Crippen molar-refractivity contribution >= 4 is 34.6 Å². The highest BCUT2D eigenvalue weighted by Gasteiger charge is 2.55. The molecular formula is C57H89N3O18. The first kappa shape index (κ1) is 63.2. The lowest BCUT2D eigenvalue weighted by atomic mass is 9.74. The zero-order chi connectivity index (χ0) is 57.9. The Hall–Kier alpha value is -3.97. The normalized spacial score (nSPS) is 38.2. The van der Waals surface area contributed by atoms with E-state index in [0.29, 0.717) is 49.9 Å². The summed E-state index contributed by atoms with van der Waals surface area (Å²) in [6.07, 6.45) is -7.48. The number of Topliss-reactive ketones (excluding diaryl/α,β-unsaturated/α-hetero) is 1. The molecule has 5 N–H and O–H groups in total. The Bertz CT molecular complexity index is 2490. The molecule has 21 nitrogen and oxygen atoms in total. The van der Waals surface area contributed by atoms with Crippen LogP contribution < -0.4 is 10.7 Å². The number of hydrogen-bond donors (Lipinski definition) is 5. The van der Waals surface area contributed by atoms with E-state index in [2.05, 4.69) is 5.32 Å². The third-order valence-electron chi connectivity index (χ3n) is 17.2. The second-order valence-electron chi connectivity index (χ2n) is 23.3. The van der Waals surface area contributed by atoms with Gasteiger partial charge in [0.2, 0.25) is 5.43 Å². The predicted molar refractivity (Wildman–Crippen MR) is 285 cm³/mol. The number of nitrogens with zero attached hydrogens (tertiary/aromatic N) is 2. The van der Waals surface area contributed by atoms with Crippen LogP contribution in [0.5, 0.6) is 0 Å². The number of ether oxygens (including phenoxy) is 9. The second kappa shape index (κ2) is 25.9. The summed E-state index contributed by atoms with van der Waals surface area (Å²) in [4.78, 5) is 69.4. The van der Waals surface area contributed by atoms with Gasteiger partial charge >= 0.3 is 17.9 Å². The van der Waals surface area contributed by atoms with E-state index in [1.807, 2.05) is 38.9 Å². The van der Waals surface area contributed by atoms with Crippen LogP contribution in [0.3, 0.4) is 0 Å². The summed E-state index contributed by atoms with van der Waals surface area (Å²) < 4.78 is 58.9. The maximum Gasteiger partial charge on any atom is 0.341 e. The van der Waals surface area contributed by atoms with Gasteiger partial charge in [0.15, 0.2) is 18.7 Å². The average Bonchev–Trinajstić information content (AvgIpc) is 3.49. The van der Waals surface area contributed by atoms with E-state index in [1.54, 1.807) is 59.1 Å². The Balaban J connectivity index is 1.19. The third-order valence-corrected chi connectivity index (χ3v) is 17.2. The summed E-state index contributed by atoms with van der Waals surface area (Å²) in [5.41, 5.74) is -3.04. The van der Waals surface area contributed by atoms with Crippen LogP contribution in [-0.2, 0) is 70.0 Å². The van der Waals surface area contributed by atoms with Gasteiger partial charge in [-0.25, -0.2) is 4.79 Å². The highest BCUT2D eigenvalue weighted by Crippen LogP contribution is 2.43. The monoisotopic (exact) mass is 1100 g/mol. The number of hydrogen-bond acceptors (Lipinski definition) is 19. The molecule has 0 spiro atoms. The Morgan fingerprint density at radius 1 is 0.897 bits per heavy atom. The minimum Gasteiger partial charge on any atom is -0.477 e. The maximum absolute atomic E-state index is 14.6. The summed E-state index contributed by atoms with van der Waals surface area (Å²) in [7, 11) is 6.72. The zero-order valence-electron chi connectivity index (χ0n) is 48.4. The number of benzene rings is 1. The number of esters is 2. The first-order valence-electron chi connectivity index (χ1n) is 27.7. The van der Waals surface area contributed by atoms with Gasteiger partial charge in [0.25, 0.3) is 0 Å². The summed E-state index contributed by atoms with van der Waals surface area (Å²) >= 11 is 0. The number of pyridine rings is 1. The van der Waals surface area contributed by atoms with Crippen LogP contribution in [0.25, 0.3) is 10.9 Å². The fourth-order valence-electron chi connectivity index (χ4n) is 12.4. The van der Waals surface area contributed by atoms with E-state index < -0.39 is 125 Å². The molecule has 2 aromatic rings. The zero-order valence-corrected chi connectivity index (χ0v) is 48.4. The lowest BCUT2D eigenvalue weighted by Gasteiger charge is -2.50. The molecule has 0 saturated carbocycles. The molecule has 6 rings (SSSR count). The number of aromatic nitrogens is 1. The van der Waals surface area contributed by atoms with Crippen molar-refractivity contribution in [3.05, 3.63) is 45.2 Å². The number of carboxylic acid groups (broad SMARTS) is 1. The smallest absolute Gasteiger partial charge is 0.341 e. The maximum atomic E-state index is 14.6. The molecule has 0 radical (unpaired) electrons. The minimum atomic E-state index is -2.03. The minimum absolute atomic E-state index is 0.0221. The van der Waals surface area contributed by atoms with Crippen LogP contribution in [0.4, 0.5) is 0 Å². The molecule has 19 atom stereocenters. The molecule has 1 aromatic heterocycles. The molecule has 21 heteroatoms. The number of carbonyl (C=O) groups excluding carboxylic acids is 3. The number of carbonyl (C=O) groups is 4. The molecule has 4 aliphatic heterocycles. The summed E-state index contributed by atoms with van der Waals surface area (Å²) in [5, 5.41) is 48.6. The Morgan fingerprint density at radius 2 is 1.56 bits per heavy atom. The van der Waals surface area contributed by atoms with E-state index in [-0.39, 0.29) is 49.2 Å². The van der Waals surface area contributed by atoms with Crippen LogP contribution in [0.15, 0.2) is 23.1 Å². The molecule has 4 aliphatic rings. The standard InChI is InChI=1S/C57H89N3O18/c1-16-41-57(11,69)49(65)31(4)45(62)29(2)25-55(9,70-14)50(78-54-47(64)40(59(12)13)22-30(3)73-54)32(5)48(33(6)53(68)75-41)77-43-26-56(10,71-15)51(34(7)74-43)76-42(61)19-21-58-20-17-18-36-23-37-28-72-35(8)60-27-39(52(66)67)46(63)38(24-36)44(37)60/h23-24,27,29-35,40-41,43,47-51,54,58,64-65,69H,16-22,25-26,28H2,1-15H3,(H,66,67)/t29-,30+,31+,32+,33-,34+,35?,40-,41-,43+,47+,48+,49-,50-,51+,54-,55-,56-,57-/m1/s1. The molecule has 3 saturated heterocycles. The lowest BCUT2D eigenvalue weighted by Crippen LogP contribution is -2.61. The second-order valence-corrected chi connectivity index (χ2v) is 23.3. The number of methoxy groups -OCH3 is 2. The number of aryl methyl sites for hydroxylation is 1. The number of aliphatic hydroxyl groups excluding tert-OH is 2. The molecular weight excluding hydrogens is 1010 g/mol. The SMILES string of the molecule is CC[C@H]1OC(=O)[C@H](C)[C@@H](O[C@H]2C[C@@](C)(OC)[C@@H](OC(=O)CCNCCCc3cc4c5c(c3)c(=O)c(C(=O)O)cn5C(C)OC4)[C@H](C)O2)[C@H](C)[C@@H](O[C@H]2O[C@@H](C)C[C@@H](N(C)C)[C@@H]2O)[C@](C)(OC)C[C@@H](C)C(=O)[C@H](C)[C@@H](O)[C@]1(C)O. The van der Waals surface area contributed by atoms with Crippen molar-refractivity contribution in [2.45, 2.75) is 218 Å². The number of aliphatic hydroxyl groups is 3. The van der Waals surface area contributed by atoms with E-state index >= 15 is 0 Å². The quantitative estimate of drug-likeness (QED) is 0.106. The van der Waals surface area contributed by atoms with Gasteiger partial charge < -0.3 is 77.8 Å². The summed E-state index contributed by atoms with van der Waals surface area (Å²) in [5.74, 6) is -6.65. The van der Waals surface area contributed by atoms with Gasteiger partial charge in [-0.15, -0.1) is 0 Å². The van der Waals surface area contributed by atoms with Crippen molar-refractivity contribution in [2.24, 2.45) is 23.7 Å². The van der Waals surface area contributed by atoms with E-state index in [1.165, 1.54) is 34.3 Å². The number of cyclic esters (lactones) is 1. The number of carboxylic acids is 1. The molecule has 0 aliphatic carbocycles. The highest BCUT2D eigenvalue weighted by atomic mass is 16.7. The largest absolute Gasteiger partial charge is 0.477 e. The highest BCUT2D eigenvalue weighted by molar-refractivity contribution is 5.94. The molecule has 1 aromatic carbocycles. The fraction of sp³-hybridized carbons (Fsp3) is 0.772. The van der Waals surface area contributed by atoms with Gasteiger partial charge in [-0.3, -0.25) is 19.2 Å². The van der Waals surface area contributed by atoms with Crippen LogP contribution in [-0.4, -0.2) is 179 Å². The van der Waals surface area contributed by atoms with Crippen LogP contribution in [0, 0.1) is 23.7 Å². The van der Waals surface area contributed by atoms with E-state index in [0.717, 1.165) is 11.1 Å². The van der Waals surface area contributed by atoms with Crippen molar-refractivity contribution in [2.75, 3.05) is 41.4 Å². The molecule has 3 fully saturated rings. The Kier molecular flexibility index (Phi) is 21.0. The summed E-state index contributed by atoms with van der Waals surface area (Å²) in [6, 6.07) is 3.39. The molecule has 0 amide bonds. The van der Waals surface area contributed by atoms with E-state index in [4.69, 9.17) is 42.6 Å². The van der Waals surface area contributed by atoms with Crippen molar-refractivity contribution in [3.63, 3.8) is 0 Å². The van der Waals surface area contributed by atoms with Gasteiger partial charge in [-0.05, 0) is 113 Å². The van der Waals surface area contributed by atoms with Crippen LogP contribution >= 0.6 is 0 Å². The van der Waals surface area contributed by atoms with Gasteiger partial charge in [-0.1, -0.05) is 33.8 Å². The first-order chi connectivity index (χ1) is 36.5. The third kappa shape index (κ3) is 13.5. The van der Waals surface area contributed by atoms with Gasteiger partial charge in [0.1, 0.15) is 41.0 Å². The number of likely N-dealkylation sites (N-methyl/N-ethyl adjacent to an activating group) is 1. The molecule has 78 heavy (non-hydrogen) atoms. The lowest BCUT2D eigenvalue weighted by molar-refractivity contribution is -0.320. The number of nitrogens with one attached hydrogen (secondary N) is 1. The Labute approximate surface area is 458 Å². The summed E-state index contributed by atoms with van der Waals surface area (Å²) in [6.45, 7) is 19.9. The van der Waals surface area contributed by atoms with Gasteiger partial charge in [0.05, 0.1) is 60.6 Å². The predicted octanol–water partition coefficient (Wildman–Crippen LogP) is 4.66. The topological polar surface area (TPSA) is 270 Å². The average molecular weight is 1100 g/mol. The van der Waals surface area contributed by atoms with Crippen molar-refractivity contribution in [1.29, 1.82) is 0 Å². The fourth-order valence-corrected chi connectivity index (χ4v) is 12.4. The molecule has 440 valence electrons. The Morgan fingerprint density at radius 3 is 2.19 bits per heavy atom. The van der Waals surface area contributed by atoms with Crippen molar-refractivity contribution in [3.8, 4) is 0 Å². The molecule has 1 unspecified atom stereocenters. The number of rotatable bonds is 17. The van der Waals surface area contributed by atoms with Gasteiger partial charge in [0, 0.05) is 68.1 Å². The number of aromatic carboxylic acids is 1.